The highest BCUT2D eigenvalue weighted by atomic mass is 16.5. The van der Waals surface area contributed by atoms with E-state index in [4.69, 9.17) is 4.74 Å². The first-order valence-electron chi connectivity index (χ1n) is 7.72. The number of rotatable bonds is 4. The average molecular weight is 287 g/mol. The SMILES string of the molecule is CN(C)C[C@H]1COCCN(Cc2cccc3[nH]ccc23)C1. The van der Waals surface area contributed by atoms with Gasteiger partial charge in [-0.1, -0.05) is 12.1 Å². The van der Waals surface area contributed by atoms with Gasteiger partial charge < -0.3 is 14.6 Å². The number of nitrogens with one attached hydrogen (secondary N) is 1. The summed E-state index contributed by atoms with van der Waals surface area (Å²) in [5.41, 5.74) is 2.63. The van der Waals surface area contributed by atoms with Crippen LogP contribution in [0.25, 0.3) is 10.9 Å². The summed E-state index contributed by atoms with van der Waals surface area (Å²) in [5.74, 6) is 0.591. The van der Waals surface area contributed by atoms with Crippen molar-refractivity contribution in [1.82, 2.24) is 14.8 Å². The van der Waals surface area contributed by atoms with Crippen LogP contribution in [0.5, 0.6) is 0 Å². The molecular weight excluding hydrogens is 262 g/mol. The van der Waals surface area contributed by atoms with Crippen molar-refractivity contribution in [3.05, 3.63) is 36.0 Å². The Labute approximate surface area is 126 Å². The summed E-state index contributed by atoms with van der Waals surface area (Å²) >= 11 is 0. The maximum atomic E-state index is 5.77. The second-order valence-electron chi connectivity index (χ2n) is 6.29. The van der Waals surface area contributed by atoms with Gasteiger partial charge in [0.05, 0.1) is 13.2 Å². The van der Waals surface area contributed by atoms with Crippen LogP contribution in [0, 0.1) is 5.92 Å². The molecule has 3 rings (SSSR count). The third-order valence-corrected chi connectivity index (χ3v) is 4.12. The van der Waals surface area contributed by atoms with Crippen LogP contribution in [0.15, 0.2) is 30.5 Å². The molecule has 1 N–H and O–H groups in total. The summed E-state index contributed by atoms with van der Waals surface area (Å²) in [6.07, 6.45) is 2.02. The molecule has 1 saturated heterocycles. The number of aromatic amines is 1. The minimum absolute atomic E-state index is 0.591. The number of aromatic nitrogens is 1. The van der Waals surface area contributed by atoms with Gasteiger partial charge in [0.25, 0.3) is 0 Å². The topological polar surface area (TPSA) is 31.5 Å². The lowest BCUT2D eigenvalue weighted by Gasteiger charge is -2.25. The number of hydrogen-bond acceptors (Lipinski definition) is 3. The summed E-state index contributed by atoms with van der Waals surface area (Å²) in [5, 5.41) is 1.34. The minimum atomic E-state index is 0.591. The highest BCUT2D eigenvalue weighted by Crippen LogP contribution is 2.20. The van der Waals surface area contributed by atoms with Gasteiger partial charge >= 0.3 is 0 Å². The molecule has 1 atom stereocenters. The lowest BCUT2D eigenvalue weighted by Crippen LogP contribution is -2.34. The fourth-order valence-electron chi connectivity index (χ4n) is 3.25. The van der Waals surface area contributed by atoms with Gasteiger partial charge in [0, 0.05) is 49.2 Å². The number of benzene rings is 1. The zero-order valence-electron chi connectivity index (χ0n) is 13.0. The van der Waals surface area contributed by atoms with Gasteiger partial charge in [-0.25, -0.2) is 0 Å². The Bertz CT molecular complexity index is 578. The lowest BCUT2D eigenvalue weighted by molar-refractivity contribution is 0.112. The monoisotopic (exact) mass is 287 g/mol. The van der Waals surface area contributed by atoms with Crippen molar-refractivity contribution in [3.63, 3.8) is 0 Å². The smallest absolute Gasteiger partial charge is 0.0593 e. The fourth-order valence-corrected chi connectivity index (χ4v) is 3.25. The molecule has 0 unspecified atom stereocenters. The molecule has 114 valence electrons. The fraction of sp³-hybridized carbons (Fsp3) is 0.529. The van der Waals surface area contributed by atoms with Crippen LogP contribution in [-0.2, 0) is 11.3 Å². The minimum Gasteiger partial charge on any atom is -0.380 e. The first-order chi connectivity index (χ1) is 10.2. The van der Waals surface area contributed by atoms with Gasteiger partial charge in [0.1, 0.15) is 0 Å². The molecule has 2 heterocycles. The van der Waals surface area contributed by atoms with E-state index in [2.05, 4.69) is 53.1 Å². The zero-order valence-corrected chi connectivity index (χ0v) is 13.0. The van der Waals surface area contributed by atoms with E-state index in [1.54, 1.807) is 0 Å². The van der Waals surface area contributed by atoms with E-state index >= 15 is 0 Å². The Hall–Kier alpha value is -1.36. The van der Waals surface area contributed by atoms with Gasteiger partial charge in [-0.05, 0) is 31.8 Å². The maximum absolute atomic E-state index is 5.77. The van der Waals surface area contributed by atoms with Crippen LogP contribution < -0.4 is 0 Å². The highest BCUT2D eigenvalue weighted by molar-refractivity contribution is 5.82. The third kappa shape index (κ3) is 3.64. The molecular formula is C17H25N3O. The van der Waals surface area contributed by atoms with Crippen molar-refractivity contribution in [2.24, 2.45) is 5.92 Å². The van der Waals surface area contributed by atoms with Crippen LogP contribution in [-0.4, -0.2) is 61.7 Å². The van der Waals surface area contributed by atoms with Crippen molar-refractivity contribution in [1.29, 1.82) is 0 Å². The summed E-state index contributed by atoms with van der Waals surface area (Å²) in [6.45, 7) is 5.94. The summed E-state index contributed by atoms with van der Waals surface area (Å²) < 4.78 is 5.77. The van der Waals surface area contributed by atoms with Crippen molar-refractivity contribution in [2.45, 2.75) is 6.54 Å². The summed E-state index contributed by atoms with van der Waals surface area (Å²) in [6, 6.07) is 8.69. The molecule has 4 nitrogen and oxygen atoms in total. The largest absolute Gasteiger partial charge is 0.380 e. The normalized spacial score (nSPS) is 21.0. The molecule has 0 bridgehead atoms. The summed E-state index contributed by atoms with van der Waals surface area (Å²) in [4.78, 5) is 8.08. The average Bonchev–Trinajstić information content (AvgIpc) is 2.82. The van der Waals surface area contributed by atoms with E-state index < -0.39 is 0 Å². The maximum Gasteiger partial charge on any atom is 0.0593 e. The molecule has 1 fully saturated rings. The van der Waals surface area contributed by atoms with Crippen molar-refractivity contribution < 1.29 is 4.74 Å². The molecule has 1 aromatic carbocycles. The lowest BCUT2D eigenvalue weighted by atomic mass is 10.1. The molecule has 1 aliphatic rings. The van der Waals surface area contributed by atoms with Gasteiger partial charge in [0.15, 0.2) is 0 Å². The quantitative estimate of drug-likeness (QED) is 0.935. The van der Waals surface area contributed by atoms with Crippen molar-refractivity contribution >= 4 is 10.9 Å². The standard InChI is InChI=1S/C17H25N3O/c1-19(2)10-14-11-20(8-9-21-13-14)12-15-4-3-5-17-16(15)6-7-18-17/h3-7,14,18H,8-13H2,1-2H3/t14-/m1/s1. The molecule has 21 heavy (non-hydrogen) atoms. The van der Waals surface area contributed by atoms with E-state index in [9.17, 15) is 0 Å². The van der Waals surface area contributed by atoms with Crippen LogP contribution in [0.3, 0.4) is 0 Å². The molecule has 0 saturated carbocycles. The number of H-pyrrole nitrogens is 1. The predicted octanol–water partition coefficient (Wildman–Crippen LogP) is 2.18. The Balaban J connectivity index is 1.72. The van der Waals surface area contributed by atoms with Crippen LogP contribution >= 0.6 is 0 Å². The molecule has 2 aromatic rings. The second-order valence-corrected chi connectivity index (χ2v) is 6.29. The Morgan fingerprint density at radius 3 is 3.10 bits per heavy atom. The van der Waals surface area contributed by atoms with E-state index in [0.717, 1.165) is 39.4 Å². The third-order valence-electron chi connectivity index (χ3n) is 4.12. The van der Waals surface area contributed by atoms with Crippen LogP contribution in [0.2, 0.25) is 0 Å². The highest BCUT2D eigenvalue weighted by Gasteiger charge is 2.19. The van der Waals surface area contributed by atoms with Crippen LogP contribution in [0.4, 0.5) is 0 Å². The van der Waals surface area contributed by atoms with Crippen molar-refractivity contribution in [2.75, 3.05) is 46.9 Å². The van der Waals surface area contributed by atoms with Gasteiger partial charge in [-0.15, -0.1) is 0 Å². The number of hydrogen-bond donors (Lipinski definition) is 1. The molecule has 4 heteroatoms. The van der Waals surface area contributed by atoms with E-state index in [1.165, 1.54) is 16.5 Å². The Kier molecular flexibility index (Phi) is 4.58. The molecule has 1 aromatic heterocycles. The molecule has 0 spiro atoms. The second kappa shape index (κ2) is 6.60. The number of fused-ring (bicyclic) bond motifs is 1. The molecule has 0 radical (unpaired) electrons. The van der Waals surface area contributed by atoms with E-state index in [0.29, 0.717) is 5.92 Å². The van der Waals surface area contributed by atoms with Gasteiger partial charge in [0.2, 0.25) is 0 Å². The molecule has 0 aliphatic carbocycles. The van der Waals surface area contributed by atoms with Crippen LogP contribution in [0.1, 0.15) is 5.56 Å². The van der Waals surface area contributed by atoms with Crippen molar-refractivity contribution in [3.8, 4) is 0 Å². The van der Waals surface area contributed by atoms with E-state index in [1.807, 2.05) is 6.20 Å². The number of nitrogens with zero attached hydrogens (tertiary/aromatic N) is 2. The van der Waals surface area contributed by atoms with Gasteiger partial charge in [-0.2, -0.15) is 0 Å². The molecule has 0 amide bonds. The number of ether oxygens (including phenoxy) is 1. The van der Waals surface area contributed by atoms with E-state index in [-0.39, 0.29) is 0 Å². The first-order valence-corrected chi connectivity index (χ1v) is 7.72. The summed E-state index contributed by atoms with van der Waals surface area (Å²) in [7, 11) is 4.27. The predicted molar refractivity (Wildman–Crippen MR) is 86.4 cm³/mol. The Morgan fingerprint density at radius 2 is 2.24 bits per heavy atom. The zero-order chi connectivity index (χ0) is 14.7. The first kappa shape index (κ1) is 14.6. The molecule has 1 aliphatic heterocycles. The Morgan fingerprint density at radius 1 is 1.33 bits per heavy atom. The van der Waals surface area contributed by atoms with Gasteiger partial charge in [-0.3, -0.25) is 4.90 Å².